The van der Waals surface area contributed by atoms with Gasteiger partial charge in [-0.2, -0.15) is 5.26 Å². The van der Waals surface area contributed by atoms with E-state index in [-0.39, 0.29) is 22.6 Å². The van der Waals surface area contributed by atoms with Crippen molar-refractivity contribution < 1.29 is 14.6 Å². The predicted octanol–water partition coefficient (Wildman–Crippen LogP) is 4.36. The van der Waals surface area contributed by atoms with E-state index >= 15 is 0 Å². The molecule has 0 saturated carbocycles. The molecule has 1 amide bonds. The molecular weight excluding hydrogens is 396 g/mol. The van der Waals surface area contributed by atoms with E-state index in [1.165, 1.54) is 13.2 Å². The predicted molar refractivity (Wildman–Crippen MR) is 96.0 cm³/mol. The minimum atomic E-state index is -0.613. The zero-order chi connectivity index (χ0) is 17.7. The van der Waals surface area contributed by atoms with Crippen LogP contribution in [-0.2, 0) is 4.79 Å². The normalized spacial score (nSPS) is 10.8. The molecular formula is C17H12BrClN2O3. The number of carbonyl (C=O) groups is 1. The van der Waals surface area contributed by atoms with Gasteiger partial charge in [-0.15, -0.1) is 0 Å². The van der Waals surface area contributed by atoms with Crippen molar-refractivity contribution >= 4 is 45.2 Å². The van der Waals surface area contributed by atoms with Gasteiger partial charge in [0.1, 0.15) is 11.6 Å². The van der Waals surface area contributed by atoms with E-state index in [4.69, 9.17) is 16.3 Å². The summed E-state index contributed by atoms with van der Waals surface area (Å²) in [6, 6.07) is 11.5. The van der Waals surface area contributed by atoms with Crippen molar-refractivity contribution in [3.63, 3.8) is 0 Å². The number of anilines is 1. The van der Waals surface area contributed by atoms with Crippen molar-refractivity contribution in [2.24, 2.45) is 0 Å². The highest BCUT2D eigenvalue weighted by molar-refractivity contribution is 9.10. The molecule has 0 radical (unpaired) electrons. The first kappa shape index (κ1) is 17.9. The first-order chi connectivity index (χ1) is 11.4. The molecule has 122 valence electrons. The summed E-state index contributed by atoms with van der Waals surface area (Å²) in [5.41, 5.74) is 0.564. The van der Waals surface area contributed by atoms with Crippen molar-refractivity contribution in [2.75, 3.05) is 12.4 Å². The lowest BCUT2D eigenvalue weighted by Gasteiger charge is -2.08. The van der Waals surface area contributed by atoms with Crippen LogP contribution in [0.2, 0.25) is 5.02 Å². The van der Waals surface area contributed by atoms with Gasteiger partial charge in [0.2, 0.25) is 0 Å². The van der Waals surface area contributed by atoms with E-state index in [1.54, 1.807) is 36.4 Å². The van der Waals surface area contributed by atoms with E-state index in [0.29, 0.717) is 15.2 Å². The Hall–Kier alpha value is -2.49. The van der Waals surface area contributed by atoms with E-state index in [2.05, 4.69) is 21.2 Å². The van der Waals surface area contributed by atoms with Crippen molar-refractivity contribution in [2.45, 2.75) is 0 Å². The number of hydrogen-bond acceptors (Lipinski definition) is 4. The lowest BCUT2D eigenvalue weighted by molar-refractivity contribution is -0.112. The number of phenolic OH excluding ortho intramolecular Hbond substituents is 1. The van der Waals surface area contributed by atoms with Crippen LogP contribution in [0.25, 0.3) is 6.08 Å². The molecule has 5 nitrogen and oxygen atoms in total. The van der Waals surface area contributed by atoms with Crippen molar-refractivity contribution in [1.82, 2.24) is 0 Å². The summed E-state index contributed by atoms with van der Waals surface area (Å²) in [5.74, 6) is -0.551. The number of ether oxygens (including phenoxy) is 1. The molecule has 2 rings (SSSR count). The number of phenols is 1. The Morgan fingerprint density at radius 1 is 1.42 bits per heavy atom. The Bertz CT molecular complexity index is 859. The van der Waals surface area contributed by atoms with E-state index < -0.39 is 5.91 Å². The molecule has 2 N–H and O–H groups in total. The summed E-state index contributed by atoms with van der Waals surface area (Å²) >= 11 is 9.14. The molecule has 7 heteroatoms. The summed E-state index contributed by atoms with van der Waals surface area (Å²) in [4.78, 5) is 12.2. The summed E-state index contributed by atoms with van der Waals surface area (Å²) in [7, 11) is 1.41. The number of rotatable bonds is 4. The minimum Gasteiger partial charge on any atom is -0.504 e. The van der Waals surface area contributed by atoms with Crippen LogP contribution in [0, 0.1) is 11.3 Å². The average molecular weight is 408 g/mol. The van der Waals surface area contributed by atoms with Gasteiger partial charge in [0, 0.05) is 20.7 Å². The Labute approximate surface area is 152 Å². The number of carbonyl (C=O) groups excluding carboxylic acids is 1. The highest BCUT2D eigenvalue weighted by Crippen LogP contribution is 2.34. The molecule has 2 aromatic carbocycles. The quantitative estimate of drug-likeness (QED) is 0.583. The Balaban J connectivity index is 2.34. The van der Waals surface area contributed by atoms with Crippen LogP contribution < -0.4 is 10.1 Å². The van der Waals surface area contributed by atoms with Gasteiger partial charge in [-0.3, -0.25) is 4.79 Å². The molecule has 0 heterocycles. The molecule has 2 aromatic rings. The van der Waals surface area contributed by atoms with E-state index in [0.717, 1.165) is 0 Å². The first-order valence-electron chi connectivity index (χ1n) is 6.70. The minimum absolute atomic E-state index is 0.163. The molecule has 0 spiro atoms. The molecule has 0 aliphatic rings. The lowest BCUT2D eigenvalue weighted by Crippen LogP contribution is -2.13. The fourth-order valence-corrected chi connectivity index (χ4v) is 2.57. The molecule has 0 aliphatic heterocycles. The zero-order valence-electron chi connectivity index (χ0n) is 12.5. The number of aromatic hydroxyl groups is 1. The van der Waals surface area contributed by atoms with Gasteiger partial charge in [-0.25, -0.2) is 0 Å². The number of nitriles is 1. The maximum Gasteiger partial charge on any atom is 0.266 e. The van der Waals surface area contributed by atoms with Crippen molar-refractivity contribution in [3.05, 3.63) is 57.0 Å². The summed E-state index contributed by atoms with van der Waals surface area (Å²) in [5, 5.41) is 22.4. The van der Waals surface area contributed by atoms with Crippen LogP contribution in [0.15, 0.2) is 46.4 Å². The second kappa shape index (κ2) is 7.86. The third-order valence-electron chi connectivity index (χ3n) is 3.04. The lowest BCUT2D eigenvalue weighted by atomic mass is 10.1. The number of nitrogens with one attached hydrogen (secondary N) is 1. The molecule has 0 fully saturated rings. The zero-order valence-corrected chi connectivity index (χ0v) is 14.9. The maximum atomic E-state index is 12.2. The molecule has 0 aromatic heterocycles. The van der Waals surface area contributed by atoms with Crippen LogP contribution in [0.3, 0.4) is 0 Å². The van der Waals surface area contributed by atoms with Crippen molar-refractivity contribution in [1.29, 1.82) is 5.26 Å². The number of hydrogen-bond donors (Lipinski definition) is 2. The van der Waals surface area contributed by atoms with Crippen LogP contribution in [-0.4, -0.2) is 18.1 Å². The second-order valence-corrected chi connectivity index (χ2v) is 6.03. The van der Waals surface area contributed by atoms with Crippen LogP contribution in [0.5, 0.6) is 11.5 Å². The molecule has 0 bridgehead atoms. The molecule has 0 unspecified atom stereocenters. The number of benzene rings is 2. The van der Waals surface area contributed by atoms with Crippen LogP contribution in [0.1, 0.15) is 5.56 Å². The summed E-state index contributed by atoms with van der Waals surface area (Å²) < 4.78 is 5.68. The van der Waals surface area contributed by atoms with Gasteiger partial charge >= 0.3 is 0 Å². The van der Waals surface area contributed by atoms with Gasteiger partial charge in [-0.1, -0.05) is 33.6 Å². The van der Waals surface area contributed by atoms with Gasteiger partial charge in [-0.05, 0) is 36.4 Å². The fourth-order valence-electron chi connectivity index (χ4n) is 1.93. The van der Waals surface area contributed by atoms with Gasteiger partial charge in [0.05, 0.1) is 7.11 Å². The van der Waals surface area contributed by atoms with Crippen LogP contribution in [0.4, 0.5) is 5.69 Å². The molecule has 24 heavy (non-hydrogen) atoms. The fraction of sp³-hybridized carbons (Fsp3) is 0.0588. The van der Waals surface area contributed by atoms with Crippen molar-refractivity contribution in [3.8, 4) is 17.6 Å². The number of methoxy groups -OCH3 is 1. The van der Waals surface area contributed by atoms with Gasteiger partial charge in [0.15, 0.2) is 11.5 Å². The average Bonchev–Trinajstić information content (AvgIpc) is 2.55. The molecule has 0 aliphatic carbocycles. The van der Waals surface area contributed by atoms with E-state index in [1.807, 2.05) is 6.07 Å². The molecule has 0 saturated heterocycles. The highest BCUT2D eigenvalue weighted by atomic mass is 79.9. The third kappa shape index (κ3) is 4.28. The first-order valence-corrected chi connectivity index (χ1v) is 7.87. The number of amides is 1. The largest absolute Gasteiger partial charge is 0.504 e. The second-order valence-electron chi connectivity index (χ2n) is 4.68. The summed E-state index contributed by atoms with van der Waals surface area (Å²) in [6.07, 6.45) is 1.28. The standard InChI is InChI=1S/C17H12BrClN2O3/c1-24-15-7-12(18)6-10(16(15)22)5-11(9-20)17(23)21-14-4-2-3-13(19)8-14/h2-8,22H,1H3,(H,21,23)/b11-5+. The monoisotopic (exact) mass is 406 g/mol. The van der Waals surface area contributed by atoms with E-state index in [9.17, 15) is 15.2 Å². The van der Waals surface area contributed by atoms with Crippen LogP contribution >= 0.6 is 27.5 Å². The highest BCUT2D eigenvalue weighted by Gasteiger charge is 2.14. The SMILES string of the molecule is COc1cc(Br)cc(/C=C(\C#N)C(=O)Nc2cccc(Cl)c2)c1O. The van der Waals surface area contributed by atoms with Gasteiger partial charge in [0.25, 0.3) is 5.91 Å². The topological polar surface area (TPSA) is 82.3 Å². The molecule has 0 atom stereocenters. The Kier molecular flexibility index (Phi) is 5.85. The third-order valence-corrected chi connectivity index (χ3v) is 3.73. The smallest absolute Gasteiger partial charge is 0.266 e. The van der Waals surface area contributed by atoms with Gasteiger partial charge < -0.3 is 15.2 Å². The number of halogens is 2. The Morgan fingerprint density at radius 2 is 2.17 bits per heavy atom. The Morgan fingerprint density at radius 3 is 2.79 bits per heavy atom. The summed E-state index contributed by atoms with van der Waals surface area (Å²) in [6.45, 7) is 0. The maximum absolute atomic E-state index is 12.2. The number of nitrogens with zero attached hydrogens (tertiary/aromatic N) is 1.